The maximum Gasteiger partial charge on any atom is 0.416 e. The van der Waals surface area contributed by atoms with Crippen LogP contribution < -0.4 is 4.74 Å². The van der Waals surface area contributed by atoms with E-state index in [1.165, 1.54) is 23.1 Å². The number of carbonyl (C=O) groups is 1. The predicted octanol–water partition coefficient (Wildman–Crippen LogP) is 6.34. The molecule has 0 atom stereocenters. The van der Waals surface area contributed by atoms with Gasteiger partial charge in [-0.25, -0.2) is 14.2 Å². The molecule has 0 saturated heterocycles. The Balaban J connectivity index is 1.72. The highest BCUT2D eigenvalue weighted by Gasteiger charge is 2.31. The summed E-state index contributed by atoms with van der Waals surface area (Å²) in [6.07, 6.45) is -4.60. The number of thiazole rings is 1. The van der Waals surface area contributed by atoms with Crippen molar-refractivity contribution in [1.29, 1.82) is 0 Å². The second kappa shape index (κ2) is 9.27. The number of aromatic nitrogens is 1. The van der Waals surface area contributed by atoms with Crippen molar-refractivity contribution in [2.75, 3.05) is 6.61 Å². The summed E-state index contributed by atoms with van der Waals surface area (Å²) in [5.74, 6) is -0.990. The summed E-state index contributed by atoms with van der Waals surface area (Å²) < 4.78 is 57.7. The minimum atomic E-state index is -4.60. The largest absolute Gasteiger partial charge is 0.482 e. The lowest BCUT2D eigenvalue weighted by atomic mass is 10.1. The fourth-order valence-electron chi connectivity index (χ4n) is 2.70. The number of alkyl halides is 3. The first-order valence-corrected chi connectivity index (χ1v) is 10.8. The Labute approximate surface area is 183 Å². The molecule has 3 rings (SSSR count). The van der Waals surface area contributed by atoms with E-state index in [9.17, 15) is 22.4 Å². The summed E-state index contributed by atoms with van der Waals surface area (Å²) in [6, 6.07) is 7.81. The molecule has 0 saturated carbocycles. The van der Waals surface area contributed by atoms with E-state index in [2.05, 4.69) is 4.98 Å². The number of benzene rings is 2. The van der Waals surface area contributed by atoms with Crippen molar-refractivity contribution in [3.63, 3.8) is 0 Å². The van der Waals surface area contributed by atoms with Gasteiger partial charge in [-0.05, 0) is 55.8 Å². The van der Waals surface area contributed by atoms with Gasteiger partial charge in [0.1, 0.15) is 16.6 Å². The van der Waals surface area contributed by atoms with Crippen LogP contribution in [-0.2, 0) is 16.7 Å². The molecular weight excluding hydrogens is 454 g/mol. The first-order chi connectivity index (χ1) is 14.5. The third kappa shape index (κ3) is 5.76. The van der Waals surface area contributed by atoms with Gasteiger partial charge in [0.05, 0.1) is 11.3 Å². The summed E-state index contributed by atoms with van der Waals surface area (Å²) in [7, 11) is 0. The van der Waals surface area contributed by atoms with Gasteiger partial charge in [0.2, 0.25) is 0 Å². The molecule has 0 aliphatic rings. The van der Waals surface area contributed by atoms with Crippen molar-refractivity contribution in [2.45, 2.75) is 30.7 Å². The van der Waals surface area contributed by atoms with Crippen LogP contribution in [0.25, 0.3) is 10.6 Å². The minimum absolute atomic E-state index is 0.0353. The van der Waals surface area contributed by atoms with Crippen molar-refractivity contribution in [1.82, 2.24) is 4.98 Å². The SMILES string of the molecule is Cc1cc(SCc2sc(-c3ccc(C(F)(F)F)cc3F)nc2C)ccc1OCC(=O)O. The van der Waals surface area contributed by atoms with Crippen LogP contribution in [-0.4, -0.2) is 22.7 Å². The number of halogens is 4. The van der Waals surface area contributed by atoms with Crippen LogP contribution >= 0.6 is 23.1 Å². The summed E-state index contributed by atoms with van der Waals surface area (Å²) >= 11 is 2.74. The van der Waals surface area contributed by atoms with E-state index in [1.54, 1.807) is 13.0 Å². The van der Waals surface area contributed by atoms with Gasteiger partial charge in [-0.15, -0.1) is 23.1 Å². The second-order valence-electron chi connectivity index (χ2n) is 6.62. The third-order valence-electron chi connectivity index (χ3n) is 4.29. The van der Waals surface area contributed by atoms with E-state index < -0.39 is 30.1 Å². The molecule has 0 amide bonds. The zero-order valence-electron chi connectivity index (χ0n) is 16.4. The normalized spacial score (nSPS) is 11.5. The molecule has 0 unspecified atom stereocenters. The fourth-order valence-corrected chi connectivity index (χ4v) is 4.93. The van der Waals surface area contributed by atoms with Crippen LogP contribution in [0.2, 0.25) is 0 Å². The van der Waals surface area contributed by atoms with Crippen LogP contribution in [0, 0.1) is 19.7 Å². The van der Waals surface area contributed by atoms with Gasteiger partial charge in [-0.1, -0.05) is 0 Å². The predicted molar refractivity (Wildman–Crippen MR) is 111 cm³/mol. The molecule has 2 aromatic carbocycles. The van der Waals surface area contributed by atoms with Crippen molar-refractivity contribution >= 4 is 29.1 Å². The van der Waals surface area contributed by atoms with Gasteiger partial charge in [-0.3, -0.25) is 0 Å². The van der Waals surface area contributed by atoms with E-state index >= 15 is 0 Å². The Kier molecular flexibility index (Phi) is 6.90. The Bertz CT molecular complexity index is 1110. The highest BCUT2D eigenvalue weighted by molar-refractivity contribution is 7.98. The topological polar surface area (TPSA) is 59.4 Å². The molecule has 0 bridgehead atoms. The van der Waals surface area contributed by atoms with Gasteiger partial charge >= 0.3 is 12.1 Å². The molecule has 10 heteroatoms. The van der Waals surface area contributed by atoms with E-state index in [0.717, 1.165) is 27.5 Å². The molecule has 0 radical (unpaired) electrons. The molecule has 0 aliphatic heterocycles. The number of rotatable bonds is 7. The van der Waals surface area contributed by atoms with E-state index in [-0.39, 0.29) is 5.56 Å². The number of ether oxygens (including phenoxy) is 1. The van der Waals surface area contributed by atoms with Crippen molar-refractivity contribution in [2.24, 2.45) is 0 Å². The quantitative estimate of drug-likeness (QED) is 0.322. The number of nitrogens with zero attached hydrogens (tertiary/aromatic N) is 1. The lowest BCUT2D eigenvalue weighted by molar-refractivity contribution is -0.139. The lowest BCUT2D eigenvalue weighted by Crippen LogP contribution is -2.09. The fraction of sp³-hybridized carbons (Fsp3) is 0.238. The van der Waals surface area contributed by atoms with Gasteiger partial charge in [0, 0.05) is 21.1 Å². The average molecular weight is 471 g/mol. The van der Waals surface area contributed by atoms with Gasteiger partial charge in [-0.2, -0.15) is 13.2 Å². The van der Waals surface area contributed by atoms with Crippen molar-refractivity contribution in [3.8, 4) is 16.3 Å². The number of aryl methyl sites for hydroxylation is 2. The Morgan fingerprint density at radius 2 is 1.94 bits per heavy atom. The minimum Gasteiger partial charge on any atom is -0.482 e. The molecule has 0 fully saturated rings. The van der Waals surface area contributed by atoms with Crippen molar-refractivity contribution in [3.05, 3.63) is 63.9 Å². The summed E-state index contributed by atoms with van der Waals surface area (Å²) in [4.78, 5) is 16.8. The number of carboxylic acid groups (broad SMARTS) is 1. The first kappa shape index (κ1) is 23.1. The molecule has 1 aromatic heterocycles. The van der Waals surface area contributed by atoms with Crippen LogP contribution in [0.4, 0.5) is 17.6 Å². The van der Waals surface area contributed by atoms with E-state index in [0.29, 0.717) is 28.3 Å². The maximum atomic E-state index is 14.3. The molecule has 1 heterocycles. The summed E-state index contributed by atoms with van der Waals surface area (Å²) in [6.45, 7) is 3.16. The molecular formula is C21H17F4NO3S2. The van der Waals surface area contributed by atoms with Crippen LogP contribution in [0.3, 0.4) is 0 Å². The molecule has 164 valence electrons. The Hall–Kier alpha value is -2.59. The van der Waals surface area contributed by atoms with E-state index in [4.69, 9.17) is 9.84 Å². The van der Waals surface area contributed by atoms with Gasteiger partial charge in [0.25, 0.3) is 0 Å². The van der Waals surface area contributed by atoms with Crippen LogP contribution in [0.15, 0.2) is 41.3 Å². The Morgan fingerprint density at radius 1 is 1.19 bits per heavy atom. The number of thioether (sulfide) groups is 1. The standard InChI is InChI=1S/C21H17F4NO3S2/c1-11-7-14(4-6-17(11)29-9-19(27)28)30-10-18-12(2)26-20(31-18)15-5-3-13(8-16(15)22)21(23,24)25/h3-8H,9-10H2,1-2H3,(H,27,28). The molecule has 3 aromatic rings. The molecule has 1 N–H and O–H groups in total. The summed E-state index contributed by atoms with van der Waals surface area (Å²) in [5.41, 5.74) is 0.474. The molecule has 4 nitrogen and oxygen atoms in total. The molecule has 0 aliphatic carbocycles. The number of hydrogen-bond acceptors (Lipinski definition) is 5. The second-order valence-corrected chi connectivity index (χ2v) is 8.75. The molecule has 31 heavy (non-hydrogen) atoms. The number of hydrogen-bond donors (Lipinski definition) is 1. The van der Waals surface area contributed by atoms with Gasteiger partial charge < -0.3 is 9.84 Å². The molecule has 0 spiro atoms. The zero-order valence-corrected chi connectivity index (χ0v) is 18.1. The van der Waals surface area contributed by atoms with Crippen molar-refractivity contribution < 1.29 is 32.2 Å². The zero-order chi connectivity index (χ0) is 22.8. The lowest BCUT2D eigenvalue weighted by Gasteiger charge is -2.09. The Morgan fingerprint density at radius 3 is 2.55 bits per heavy atom. The monoisotopic (exact) mass is 471 g/mol. The smallest absolute Gasteiger partial charge is 0.416 e. The van der Waals surface area contributed by atoms with Crippen LogP contribution in [0.1, 0.15) is 21.7 Å². The average Bonchev–Trinajstić information content (AvgIpc) is 3.05. The first-order valence-electron chi connectivity index (χ1n) is 8.96. The van der Waals surface area contributed by atoms with E-state index in [1.807, 2.05) is 19.1 Å². The maximum absolute atomic E-state index is 14.3. The number of aliphatic carboxylic acids is 1. The highest BCUT2D eigenvalue weighted by Crippen LogP contribution is 2.37. The third-order valence-corrected chi connectivity index (χ3v) is 6.68. The van der Waals surface area contributed by atoms with Crippen LogP contribution in [0.5, 0.6) is 5.75 Å². The highest BCUT2D eigenvalue weighted by atomic mass is 32.2. The van der Waals surface area contributed by atoms with Gasteiger partial charge in [0.15, 0.2) is 6.61 Å². The summed E-state index contributed by atoms with van der Waals surface area (Å²) in [5, 5.41) is 9.03. The number of carboxylic acids is 1.